The van der Waals surface area contributed by atoms with E-state index in [1.165, 1.54) is 14.1 Å². The van der Waals surface area contributed by atoms with Crippen LogP contribution in [0.1, 0.15) is 5.56 Å². The van der Waals surface area contributed by atoms with Crippen LogP contribution in [0.15, 0.2) is 36.7 Å². The Labute approximate surface area is 136 Å². The van der Waals surface area contributed by atoms with Crippen molar-refractivity contribution in [1.82, 2.24) is 9.13 Å². The van der Waals surface area contributed by atoms with Crippen molar-refractivity contribution in [3.63, 3.8) is 0 Å². The Morgan fingerprint density at radius 3 is 2.43 bits per heavy atom. The van der Waals surface area contributed by atoms with E-state index in [-0.39, 0.29) is 11.4 Å². The molecule has 0 aliphatic carbocycles. The van der Waals surface area contributed by atoms with Crippen LogP contribution in [0.5, 0.6) is 11.6 Å². The molecular weight excluding hydrogens is 406 g/mol. The van der Waals surface area contributed by atoms with Crippen LogP contribution in [0.3, 0.4) is 0 Å². The minimum Gasteiger partial charge on any atom is -0.438 e. The summed E-state index contributed by atoms with van der Waals surface area (Å²) >= 11 is 6.63. The van der Waals surface area contributed by atoms with E-state index < -0.39 is 11.2 Å². The molecule has 0 saturated heterocycles. The highest BCUT2D eigenvalue weighted by Gasteiger charge is 2.18. The molecule has 1 aromatic carbocycles. The number of nitrogens with zero attached hydrogens (tertiary/aromatic N) is 3. The highest BCUT2D eigenvalue weighted by molar-refractivity contribution is 9.11. The number of hydrogen-bond acceptors (Lipinski definition) is 4. The Balaban J connectivity index is 2.68. The molecule has 0 fully saturated rings. The number of halogens is 2. The molecule has 0 spiro atoms. The minimum atomic E-state index is -0.691. The Morgan fingerprint density at radius 2 is 1.86 bits per heavy atom. The van der Waals surface area contributed by atoms with E-state index in [0.717, 1.165) is 13.6 Å². The van der Waals surface area contributed by atoms with Crippen LogP contribution in [-0.2, 0) is 14.1 Å². The van der Waals surface area contributed by atoms with Crippen molar-refractivity contribution >= 4 is 31.9 Å². The summed E-state index contributed by atoms with van der Waals surface area (Å²) in [5, 5.41) is 9.15. The first kappa shape index (κ1) is 15.5. The highest BCUT2D eigenvalue weighted by atomic mass is 79.9. The predicted octanol–water partition coefficient (Wildman–Crippen LogP) is 2.27. The van der Waals surface area contributed by atoms with Gasteiger partial charge in [-0.15, -0.1) is 0 Å². The van der Waals surface area contributed by atoms with Crippen molar-refractivity contribution in [1.29, 1.82) is 5.26 Å². The van der Waals surface area contributed by atoms with E-state index in [9.17, 15) is 9.59 Å². The first-order valence-electron chi connectivity index (χ1n) is 5.69. The predicted molar refractivity (Wildman–Crippen MR) is 83.6 cm³/mol. The maximum Gasteiger partial charge on any atom is 0.333 e. The van der Waals surface area contributed by atoms with Gasteiger partial charge in [-0.05, 0) is 34.1 Å². The molecule has 8 heteroatoms. The average molecular weight is 415 g/mol. The SMILES string of the molecule is Cn1c(Oc2ccc(Br)cc2Br)c(C#N)c(=O)n(C)c1=O. The zero-order valence-corrected chi connectivity index (χ0v) is 14.2. The van der Waals surface area contributed by atoms with Gasteiger partial charge in [0.25, 0.3) is 5.56 Å². The van der Waals surface area contributed by atoms with E-state index in [0.29, 0.717) is 10.2 Å². The van der Waals surface area contributed by atoms with Crippen molar-refractivity contribution in [3.05, 3.63) is 53.5 Å². The summed E-state index contributed by atoms with van der Waals surface area (Å²) in [6.45, 7) is 0. The van der Waals surface area contributed by atoms with Crippen LogP contribution in [0.4, 0.5) is 0 Å². The van der Waals surface area contributed by atoms with Crippen LogP contribution in [0.25, 0.3) is 0 Å². The van der Waals surface area contributed by atoms with E-state index >= 15 is 0 Å². The van der Waals surface area contributed by atoms with Crippen molar-refractivity contribution in [3.8, 4) is 17.7 Å². The summed E-state index contributed by atoms with van der Waals surface area (Å²) in [5.41, 5.74) is -1.49. The summed E-state index contributed by atoms with van der Waals surface area (Å²) in [5.74, 6) is 0.298. The van der Waals surface area contributed by atoms with Gasteiger partial charge in [-0.1, -0.05) is 15.9 Å². The topological polar surface area (TPSA) is 77.0 Å². The third-order valence-electron chi connectivity index (χ3n) is 2.82. The Kier molecular flexibility index (Phi) is 4.34. The molecule has 0 aliphatic rings. The van der Waals surface area contributed by atoms with Gasteiger partial charge >= 0.3 is 5.69 Å². The molecule has 0 atom stereocenters. The average Bonchev–Trinajstić information content (AvgIpc) is 2.45. The first-order chi connectivity index (χ1) is 9.86. The molecule has 108 valence electrons. The first-order valence-corrected chi connectivity index (χ1v) is 7.28. The number of benzene rings is 1. The van der Waals surface area contributed by atoms with Gasteiger partial charge in [-0.2, -0.15) is 5.26 Å². The molecule has 0 amide bonds. The second-order valence-corrected chi connectivity index (χ2v) is 5.94. The molecule has 0 saturated carbocycles. The fraction of sp³-hybridized carbons (Fsp3) is 0.154. The van der Waals surface area contributed by atoms with Gasteiger partial charge in [0.1, 0.15) is 11.8 Å². The molecule has 6 nitrogen and oxygen atoms in total. The quantitative estimate of drug-likeness (QED) is 0.755. The lowest BCUT2D eigenvalue weighted by Gasteiger charge is -2.13. The van der Waals surface area contributed by atoms with Crippen molar-refractivity contribution < 1.29 is 4.74 Å². The van der Waals surface area contributed by atoms with Crippen LogP contribution in [0.2, 0.25) is 0 Å². The van der Waals surface area contributed by atoms with Gasteiger partial charge in [0, 0.05) is 18.6 Å². The summed E-state index contributed by atoms with van der Waals surface area (Å²) in [6, 6.07) is 6.92. The molecule has 2 aromatic rings. The third-order valence-corrected chi connectivity index (χ3v) is 3.94. The Bertz CT molecular complexity index is 878. The van der Waals surface area contributed by atoms with Crippen molar-refractivity contribution in [2.45, 2.75) is 0 Å². The third kappa shape index (κ3) is 2.80. The molecule has 0 unspecified atom stereocenters. The highest BCUT2D eigenvalue weighted by Crippen LogP contribution is 2.32. The number of ether oxygens (including phenoxy) is 1. The fourth-order valence-corrected chi connectivity index (χ4v) is 2.83. The number of nitriles is 1. The lowest BCUT2D eigenvalue weighted by molar-refractivity contribution is 0.419. The van der Waals surface area contributed by atoms with E-state index in [4.69, 9.17) is 10.00 Å². The van der Waals surface area contributed by atoms with Crippen LogP contribution in [0, 0.1) is 11.3 Å². The molecule has 2 rings (SSSR count). The lowest BCUT2D eigenvalue weighted by atomic mass is 10.3. The molecule has 0 radical (unpaired) electrons. The van der Waals surface area contributed by atoms with E-state index in [2.05, 4.69) is 31.9 Å². The van der Waals surface area contributed by atoms with Crippen molar-refractivity contribution in [2.24, 2.45) is 14.1 Å². The van der Waals surface area contributed by atoms with Gasteiger partial charge in [0.05, 0.1) is 4.47 Å². The van der Waals surface area contributed by atoms with Gasteiger partial charge in [0.2, 0.25) is 5.88 Å². The number of aromatic nitrogens is 2. The van der Waals surface area contributed by atoms with Crippen LogP contribution >= 0.6 is 31.9 Å². The maximum absolute atomic E-state index is 12.0. The largest absolute Gasteiger partial charge is 0.438 e. The summed E-state index contributed by atoms with van der Waals surface area (Å²) < 4.78 is 9.03. The summed E-state index contributed by atoms with van der Waals surface area (Å²) in [7, 11) is 2.75. The molecule has 21 heavy (non-hydrogen) atoms. The van der Waals surface area contributed by atoms with E-state index in [1.54, 1.807) is 24.3 Å². The zero-order valence-electron chi connectivity index (χ0n) is 11.1. The zero-order chi connectivity index (χ0) is 15.7. The van der Waals surface area contributed by atoms with Gasteiger partial charge in [-0.25, -0.2) is 4.79 Å². The normalized spacial score (nSPS) is 10.2. The van der Waals surface area contributed by atoms with E-state index in [1.807, 2.05) is 0 Å². The van der Waals surface area contributed by atoms with Gasteiger partial charge < -0.3 is 4.74 Å². The maximum atomic E-state index is 12.0. The number of rotatable bonds is 2. The minimum absolute atomic E-state index is 0.0892. The van der Waals surface area contributed by atoms with Crippen molar-refractivity contribution in [2.75, 3.05) is 0 Å². The second-order valence-electron chi connectivity index (χ2n) is 4.17. The fourth-order valence-electron chi connectivity index (χ4n) is 1.70. The Morgan fingerprint density at radius 1 is 1.19 bits per heavy atom. The van der Waals surface area contributed by atoms with Crippen LogP contribution < -0.4 is 16.0 Å². The monoisotopic (exact) mass is 413 g/mol. The molecular formula is C13H9Br2N3O3. The van der Waals surface area contributed by atoms with Gasteiger partial charge in [0.15, 0.2) is 5.56 Å². The summed E-state index contributed by atoms with van der Waals surface area (Å²) in [6.07, 6.45) is 0. The molecule has 1 heterocycles. The Hall–Kier alpha value is -1.85. The van der Waals surface area contributed by atoms with Crippen LogP contribution in [-0.4, -0.2) is 9.13 Å². The molecule has 0 bridgehead atoms. The summed E-state index contributed by atoms with van der Waals surface area (Å²) in [4.78, 5) is 23.9. The molecule has 0 N–H and O–H groups in total. The molecule has 0 aliphatic heterocycles. The smallest absolute Gasteiger partial charge is 0.333 e. The molecule has 1 aromatic heterocycles. The standard InChI is InChI=1S/C13H9Br2N3O3/c1-17-11(19)8(6-16)12(18(2)13(17)20)21-10-4-3-7(14)5-9(10)15/h3-5H,1-2H3. The number of hydrogen-bond donors (Lipinski definition) is 0. The van der Waals surface area contributed by atoms with Gasteiger partial charge in [-0.3, -0.25) is 13.9 Å². The second kappa shape index (κ2) is 5.87. The lowest BCUT2D eigenvalue weighted by Crippen LogP contribution is -2.38.